The van der Waals surface area contributed by atoms with Gasteiger partial charge in [0.05, 0.1) is 19.1 Å². The molecule has 3 rings (SSSR count). The van der Waals surface area contributed by atoms with Crippen molar-refractivity contribution < 1.29 is 22.7 Å². The Kier molecular flexibility index (Phi) is 4.70. The van der Waals surface area contributed by atoms with Gasteiger partial charge < -0.3 is 9.64 Å². The third-order valence-electron chi connectivity index (χ3n) is 4.36. The van der Waals surface area contributed by atoms with Crippen molar-refractivity contribution in [2.45, 2.75) is 25.4 Å². The van der Waals surface area contributed by atoms with E-state index in [0.29, 0.717) is 36.4 Å². The normalized spacial score (nSPS) is 14.2. The van der Waals surface area contributed by atoms with E-state index in [1.54, 1.807) is 11.0 Å². The topological polar surface area (TPSA) is 29.5 Å². The van der Waals surface area contributed by atoms with Crippen molar-refractivity contribution in [3.8, 4) is 5.75 Å². The van der Waals surface area contributed by atoms with Crippen molar-refractivity contribution in [1.82, 2.24) is 0 Å². The van der Waals surface area contributed by atoms with Crippen LogP contribution in [0.2, 0.25) is 0 Å². The Morgan fingerprint density at radius 2 is 1.96 bits per heavy atom. The van der Waals surface area contributed by atoms with Crippen molar-refractivity contribution in [3.63, 3.8) is 0 Å². The molecule has 0 radical (unpaired) electrons. The van der Waals surface area contributed by atoms with E-state index in [2.05, 4.69) is 0 Å². The minimum Gasteiger partial charge on any atom is -0.496 e. The van der Waals surface area contributed by atoms with E-state index >= 15 is 0 Å². The lowest BCUT2D eigenvalue weighted by molar-refractivity contribution is -0.137. The zero-order valence-corrected chi connectivity index (χ0v) is 13.8. The largest absolute Gasteiger partial charge is 0.496 e. The average Bonchev–Trinajstić information content (AvgIpc) is 2.60. The number of hydrogen-bond acceptors (Lipinski definition) is 2. The molecule has 0 aliphatic carbocycles. The SMILES string of the molecule is COc1ccccc1CC(=O)N1CCCc2cc(C(F)(F)F)ccc21. The van der Waals surface area contributed by atoms with Crippen LogP contribution in [0.25, 0.3) is 0 Å². The highest BCUT2D eigenvalue weighted by atomic mass is 19.4. The van der Waals surface area contributed by atoms with Crippen molar-refractivity contribution >= 4 is 11.6 Å². The Balaban J connectivity index is 1.86. The van der Waals surface area contributed by atoms with E-state index in [0.717, 1.165) is 17.7 Å². The average molecular weight is 349 g/mol. The zero-order chi connectivity index (χ0) is 18.0. The molecule has 25 heavy (non-hydrogen) atoms. The van der Waals surface area contributed by atoms with Crippen LogP contribution in [-0.4, -0.2) is 19.6 Å². The number of para-hydroxylation sites is 1. The summed E-state index contributed by atoms with van der Waals surface area (Å²) in [4.78, 5) is 14.3. The van der Waals surface area contributed by atoms with Crippen LogP contribution in [0.4, 0.5) is 18.9 Å². The van der Waals surface area contributed by atoms with Gasteiger partial charge in [0.25, 0.3) is 0 Å². The van der Waals surface area contributed by atoms with Gasteiger partial charge in [0, 0.05) is 17.8 Å². The molecule has 0 atom stereocenters. The van der Waals surface area contributed by atoms with Gasteiger partial charge in [0.1, 0.15) is 5.75 Å². The van der Waals surface area contributed by atoms with Gasteiger partial charge in [0.2, 0.25) is 5.91 Å². The zero-order valence-electron chi connectivity index (χ0n) is 13.8. The van der Waals surface area contributed by atoms with Crippen molar-refractivity contribution in [2.24, 2.45) is 0 Å². The first kappa shape index (κ1) is 17.3. The third kappa shape index (κ3) is 3.62. The molecule has 2 aromatic carbocycles. The molecule has 3 nitrogen and oxygen atoms in total. The molecule has 0 saturated carbocycles. The summed E-state index contributed by atoms with van der Waals surface area (Å²) in [6.45, 7) is 0.506. The molecule has 0 bridgehead atoms. The summed E-state index contributed by atoms with van der Waals surface area (Å²) in [6, 6.07) is 10.8. The number of nitrogens with zero attached hydrogens (tertiary/aromatic N) is 1. The molecule has 0 spiro atoms. The summed E-state index contributed by atoms with van der Waals surface area (Å²) in [5.41, 5.74) is 1.22. The van der Waals surface area contributed by atoms with E-state index in [4.69, 9.17) is 4.74 Å². The second-order valence-electron chi connectivity index (χ2n) is 5.98. The second kappa shape index (κ2) is 6.78. The number of aryl methyl sites for hydroxylation is 1. The summed E-state index contributed by atoms with van der Waals surface area (Å²) in [6.07, 6.45) is -3.05. The van der Waals surface area contributed by atoms with Crippen LogP contribution in [0.5, 0.6) is 5.75 Å². The van der Waals surface area contributed by atoms with Crippen molar-refractivity contribution in [2.75, 3.05) is 18.6 Å². The molecule has 1 heterocycles. The quantitative estimate of drug-likeness (QED) is 0.830. The number of carbonyl (C=O) groups excluding carboxylic acids is 1. The van der Waals surface area contributed by atoms with E-state index < -0.39 is 11.7 Å². The predicted octanol–water partition coefficient (Wildman–Crippen LogP) is 4.24. The number of ether oxygens (including phenoxy) is 1. The highest BCUT2D eigenvalue weighted by molar-refractivity contribution is 5.96. The lowest BCUT2D eigenvalue weighted by Gasteiger charge is -2.30. The maximum Gasteiger partial charge on any atom is 0.416 e. The van der Waals surface area contributed by atoms with Gasteiger partial charge in [-0.2, -0.15) is 13.2 Å². The van der Waals surface area contributed by atoms with Crippen LogP contribution in [0, 0.1) is 0 Å². The minimum atomic E-state index is -4.38. The summed E-state index contributed by atoms with van der Waals surface area (Å²) in [7, 11) is 1.54. The van der Waals surface area contributed by atoms with Gasteiger partial charge in [-0.15, -0.1) is 0 Å². The van der Waals surface area contributed by atoms with E-state index in [1.807, 2.05) is 18.2 Å². The molecule has 132 valence electrons. The molecule has 0 N–H and O–H groups in total. The standard InChI is InChI=1S/C19H18F3NO2/c1-25-17-7-3-2-5-14(17)12-18(24)23-10-4-6-13-11-15(19(20,21)22)8-9-16(13)23/h2-3,5,7-9,11H,4,6,10,12H2,1H3. The molecule has 1 aliphatic rings. The Morgan fingerprint density at radius 1 is 1.20 bits per heavy atom. The Hall–Kier alpha value is -2.50. The highest BCUT2D eigenvalue weighted by Gasteiger charge is 2.32. The van der Waals surface area contributed by atoms with E-state index in [-0.39, 0.29) is 12.3 Å². The Labute approximate surface area is 144 Å². The molecule has 0 aromatic heterocycles. The van der Waals surface area contributed by atoms with E-state index in [1.165, 1.54) is 13.2 Å². The fourth-order valence-corrected chi connectivity index (χ4v) is 3.14. The lowest BCUT2D eigenvalue weighted by Crippen LogP contribution is -2.36. The molecule has 0 fully saturated rings. The first-order valence-corrected chi connectivity index (χ1v) is 8.02. The van der Waals surface area contributed by atoms with Crippen molar-refractivity contribution in [1.29, 1.82) is 0 Å². The lowest BCUT2D eigenvalue weighted by atomic mass is 9.98. The van der Waals surface area contributed by atoms with Gasteiger partial charge in [-0.05, 0) is 42.7 Å². The Bertz CT molecular complexity index is 786. The number of hydrogen-bond donors (Lipinski definition) is 0. The number of methoxy groups -OCH3 is 1. The monoisotopic (exact) mass is 349 g/mol. The number of amides is 1. The number of fused-ring (bicyclic) bond motifs is 1. The summed E-state index contributed by atoms with van der Waals surface area (Å²) < 4.78 is 43.9. The van der Waals surface area contributed by atoms with Crippen molar-refractivity contribution in [3.05, 3.63) is 59.2 Å². The minimum absolute atomic E-state index is 0.143. The molecular weight excluding hydrogens is 331 g/mol. The number of rotatable bonds is 3. The smallest absolute Gasteiger partial charge is 0.416 e. The maximum atomic E-state index is 12.9. The van der Waals surface area contributed by atoms with Gasteiger partial charge in [-0.1, -0.05) is 18.2 Å². The molecule has 1 aliphatic heterocycles. The van der Waals surface area contributed by atoms with E-state index in [9.17, 15) is 18.0 Å². The van der Waals surface area contributed by atoms with Gasteiger partial charge in [-0.3, -0.25) is 4.79 Å². The number of alkyl halides is 3. The number of benzene rings is 2. The van der Waals surface area contributed by atoms with Gasteiger partial charge >= 0.3 is 6.18 Å². The first-order valence-electron chi connectivity index (χ1n) is 8.02. The van der Waals surface area contributed by atoms with Crippen LogP contribution in [0.3, 0.4) is 0 Å². The molecule has 0 unspecified atom stereocenters. The number of halogens is 3. The van der Waals surface area contributed by atoms with Crippen LogP contribution in [0.1, 0.15) is 23.1 Å². The van der Waals surface area contributed by atoms with Crippen LogP contribution in [0.15, 0.2) is 42.5 Å². The maximum absolute atomic E-state index is 12.9. The van der Waals surface area contributed by atoms with Crippen LogP contribution in [-0.2, 0) is 23.8 Å². The molecule has 2 aromatic rings. The molecule has 1 amide bonds. The van der Waals surface area contributed by atoms with Crippen LogP contribution >= 0.6 is 0 Å². The summed E-state index contributed by atoms with van der Waals surface area (Å²) in [5.74, 6) is 0.478. The fraction of sp³-hybridized carbons (Fsp3) is 0.316. The van der Waals surface area contributed by atoms with Gasteiger partial charge in [0.15, 0.2) is 0 Å². The number of carbonyl (C=O) groups is 1. The molecule has 0 saturated heterocycles. The third-order valence-corrected chi connectivity index (χ3v) is 4.36. The fourth-order valence-electron chi connectivity index (χ4n) is 3.14. The summed E-state index contributed by atoms with van der Waals surface area (Å²) in [5, 5.41) is 0. The number of anilines is 1. The van der Waals surface area contributed by atoms with Gasteiger partial charge in [-0.25, -0.2) is 0 Å². The molecular formula is C19H18F3NO2. The first-order chi connectivity index (χ1) is 11.9. The van der Waals surface area contributed by atoms with Crippen LogP contribution < -0.4 is 9.64 Å². The Morgan fingerprint density at radius 3 is 2.68 bits per heavy atom. The molecule has 6 heteroatoms. The predicted molar refractivity (Wildman–Crippen MR) is 88.8 cm³/mol. The summed E-state index contributed by atoms with van der Waals surface area (Å²) >= 11 is 0. The second-order valence-corrected chi connectivity index (χ2v) is 5.98. The highest BCUT2D eigenvalue weighted by Crippen LogP contribution is 2.35.